The molecular formula is C30H39N7O4S. The molecule has 42 heavy (non-hydrogen) atoms. The van der Waals surface area contributed by atoms with Crippen LogP contribution in [-0.2, 0) is 14.8 Å². The van der Waals surface area contributed by atoms with Crippen molar-refractivity contribution in [2.24, 2.45) is 11.3 Å². The molecule has 3 aromatic rings. The van der Waals surface area contributed by atoms with Gasteiger partial charge in [-0.3, -0.25) is 4.72 Å². The highest BCUT2D eigenvalue weighted by Gasteiger charge is 2.54. The molecule has 2 unspecified atom stereocenters. The third kappa shape index (κ3) is 5.59. The Hall–Kier alpha value is -3.22. The first-order valence-corrected chi connectivity index (χ1v) is 16.8. The number of fused-ring (bicyclic) bond motifs is 5. The lowest BCUT2D eigenvalue weighted by atomic mass is 9.89. The summed E-state index contributed by atoms with van der Waals surface area (Å²) in [6.45, 7) is 4.00. The van der Waals surface area contributed by atoms with E-state index in [1.165, 1.54) is 12.8 Å². The van der Waals surface area contributed by atoms with Gasteiger partial charge in [-0.15, -0.1) is 5.10 Å². The standard InChI is InChI=1S/C30H39N7O4S/c38-14-16-42(39,40)33-24-5-6-27-28(18-24)35-12-8-30(9-13-35)19-23(30)3-2-15-41-25-4-1-11-36(20-25)29-17-22(7-10-31-29)26-21-37(27)34-32-26/h5-7,10,17-18,21,23,25,33,38H,1-4,8-9,11-16,19-20H2. The molecule has 6 heterocycles. The van der Waals surface area contributed by atoms with Crippen LogP contribution in [0.2, 0.25) is 0 Å². The van der Waals surface area contributed by atoms with Gasteiger partial charge in [0, 0.05) is 44.5 Å². The molecule has 12 heteroatoms. The summed E-state index contributed by atoms with van der Waals surface area (Å²) in [6, 6.07) is 9.56. The first-order valence-electron chi connectivity index (χ1n) is 15.2. The minimum Gasteiger partial charge on any atom is -0.395 e. The van der Waals surface area contributed by atoms with Crippen LogP contribution < -0.4 is 14.5 Å². The van der Waals surface area contributed by atoms with Crippen LogP contribution in [0.1, 0.15) is 44.9 Å². The lowest BCUT2D eigenvalue weighted by molar-refractivity contribution is 0.0401. The quantitative estimate of drug-likeness (QED) is 0.468. The highest BCUT2D eigenvalue weighted by molar-refractivity contribution is 7.92. The molecule has 2 atom stereocenters. The molecular weight excluding hydrogens is 554 g/mol. The minimum absolute atomic E-state index is 0.238. The molecule has 1 spiro atoms. The van der Waals surface area contributed by atoms with Crippen LogP contribution in [-0.4, -0.2) is 84.8 Å². The fourth-order valence-electron chi connectivity index (χ4n) is 7.16. The topological polar surface area (TPSA) is 126 Å². The van der Waals surface area contributed by atoms with Crippen molar-refractivity contribution in [2.75, 3.05) is 59.7 Å². The summed E-state index contributed by atoms with van der Waals surface area (Å²) in [4.78, 5) is 9.34. The van der Waals surface area contributed by atoms with E-state index in [1.54, 1.807) is 10.7 Å². The summed E-state index contributed by atoms with van der Waals surface area (Å²) >= 11 is 0. The zero-order chi connectivity index (χ0) is 28.7. The van der Waals surface area contributed by atoms with Gasteiger partial charge in [-0.2, -0.15) is 0 Å². The van der Waals surface area contributed by atoms with E-state index in [0.29, 0.717) is 11.1 Å². The number of ether oxygens (including phenoxy) is 1. The molecule has 2 aromatic heterocycles. The molecule has 11 nitrogen and oxygen atoms in total. The van der Waals surface area contributed by atoms with Gasteiger partial charge in [-0.1, -0.05) is 5.21 Å². The molecule has 0 radical (unpaired) electrons. The second-order valence-corrected chi connectivity index (χ2v) is 14.1. The number of sulfonamides is 1. The van der Waals surface area contributed by atoms with Gasteiger partial charge in [-0.05, 0) is 86.6 Å². The number of nitrogens with zero attached hydrogens (tertiary/aromatic N) is 6. The second-order valence-electron chi connectivity index (χ2n) is 12.3. The highest BCUT2D eigenvalue weighted by atomic mass is 32.2. The van der Waals surface area contributed by atoms with Crippen molar-refractivity contribution >= 4 is 27.2 Å². The van der Waals surface area contributed by atoms with Crippen LogP contribution in [0.25, 0.3) is 16.9 Å². The molecule has 8 bridgehead atoms. The molecule has 5 aliphatic rings. The van der Waals surface area contributed by atoms with Gasteiger partial charge in [0.15, 0.2) is 0 Å². The van der Waals surface area contributed by atoms with Crippen molar-refractivity contribution < 1.29 is 18.3 Å². The van der Waals surface area contributed by atoms with Gasteiger partial charge in [-0.25, -0.2) is 18.1 Å². The number of benzene rings is 1. The number of aliphatic hydroxyl groups excluding tert-OH is 1. The number of nitrogens with one attached hydrogen (secondary N) is 1. The maximum atomic E-state index is 12.4. The van der Waals surface area contributed by atoms with Crippen molar-refractivity contribution in [1.29, 1.82) is 0 Å². The van der Waals surface area contributed by atoms with Crippen molar-refractivity contribution in [2.45, 2.75) is 51.0 Å². The normalized spacial score (nSPS) is 25.8. The van der Waals surface area contributed by atoms with E-state index in [0.717, 1.165) is 99.3 Å². The fourth-order valence-corrected chi connectivity index (χ4v) is 7.99. The largest absolute Gasteiger partial charge is 0.395 e. The van der Waals surface area contributed by atoms with Gasteiger partial charge in [0.05, 0.1) is 41.7 Å². The van der Waals surface area contributed by atoms with Crippen molar-refractivity contribution in [3.05, 3.63) is 42.7 Å². The average molecular weight is 594 g/mol. The Morgan fingerprint density at radius 3 is 2.79 bits per heavy atom. The number of aliphatic hydroxyl groups is 1. The summed E-state index contributed by atoms with van der Waals surface area (Å²) in [5.74, 6) is 1.34. The number of piperidine rings is 2. The number of anilines is 3. The number of hydrogen-bond acceptors (Lipinski definition) is 9. The second kappa shape index (κ2) is 11.1. The maximum absolute atomic E-state index is 12.4. The summed E-state index contributed by atoms with van der Waals surface area (Å²) in [7, 11) is -3.65. The Kier molecular flexibility index (Phi) is 7.31. The van der Waals surface area contributed by atoms with Gasteiger partial charge in [0.1, 0.15) is 11.5 Å². The fraction of sp³-hybridized carbons (Fsp3) is 0.567. The lowest BCUT2D eigenvalue weighted by Gasteiger charge is -2.36. The summed E-state index contributed by atoms with van der Waals surface area (Å²) < 4.78 is 35.6. The van der Waals surface area contributed by atoms with Crippen molar-refractivity contribution in [1.82, 2.24) is 20.0 Å². The van der Waals surface area contributed by atoms with E-state index < -0.39 is 16.6 Å². The number of pyridine rings is 1. The Balaban J connectivity index is 1.25. The Morgan fingerprint density at radius 1 is 1.05 bits per heavy atom. The van der Waals surface area contributed by atoms with E-state index in [4.69, 9.17) is 4.74 Å². The molecule has 1 saturated carbocycles. The van der Waals surface area contributed by atoms with Crippen LogP contribution >= 0.6 is 0 Å². The predicted molar refractivity (Wildman–Crippen MR) is 161 cm³/mol. The van der Waals surface area contributed by atoms with Crippen LogP contribution in [0.3, 0.4) is 0 Å². The maximum Gasteiger partial charge on any atom is 0.234 e. The highest BCUT2D eigenvalue weighted by Crippen LogP contribution is 2.61. The molecule has 2 N–H and O–H groups in total. The number of rotatable bonds is 4. The van der Waals surface area contributed by atoms with Gasteiger partial charge in [0.2, 0.25) is 10.0 Å². The molecule has 8 rings (SSSR count). The SMILES string of the molecule is O=S(=O)(CCO)Nc1ccc2c(c1)N1CCC3(CC1)CC3CCCOC1CCCN(C1)c1cc(ccn1)-c1cn-2nn1. The summed E-state index contributed by atoms with van der Waals surface area (Å²) in [5.41, 5.74) is 4.35. The van der Waals surface area contributed by atoms with Gasteiger partial charge < -0.3 is 19.6 Å². The Morgan fingerprint density at radius 2 is 1.93 bits per heavy atom. The zero-order valence-electron chi connectivity index (χ0n) is 23.9. The molecule has 224 valence electrons. The molecule has 4 aliphatic heterocycles. The van der Waals surface area contributed by atoms with E-state index in [9.17, 15) is 13.5 Å². The third-order valence-corrected chi connectivity index (χ3v) is 10.9. The molecule has 0 amide bonds. The van der Waals surface area contributed by atoms with Crippen LogP contribution in [0.5, 0.6) is 0 Å². The third-order valence-electron chi connectivity index (χ3n) is 9.60. The van der Waals surface area contributed by atoms with Crippen molar-refractivity contribution in [3.8, 4) is 16.9 Å². The van der Waals surface area contributed by atoms with Crippen LogP contribution in [0.15, 0.2) is 42.7 Å². The van der Waals surface area contributed by atoms with Crippen molar-refractivity contribution in [3.63, 3.8) is 0 Å². The van der Waals surface area contributed by atoms with Crippen LogP contribution in [0.4, 0.5) is 17.2 Å². The summed E-state index contributed by atoms with van der Waals surface area (Å²) in [6.07, 6.45) is 12.0. The first kappa shape index (κ1) is 27.6. The number of hydrogen-bond donors (Lipinski definition) is 2. The van der Waals surface area contributed by atoms with Gasteiger partial charge in [0.25, 0.3) is 0 Å². The predicted octanol–water partition coefficient (Wildman–Crippen LogP) is 3.45. The summed E-state index contributed by atoms with van der Waals surface area (Å²) in [5, 5.41) is 18.2. The van der Waals surface area contributed by atoms with E-state index in [1.807, 2.05) is 30.6 Å². The number of aromatic nitrogens is 4. The minimum atomic E-state index is -3.65. The van der Waals surface area contributed by atoms with E-state index in [2.05, 4.69) is 35.9 Å². The van der Waals surface area contributed by atoms with E-state index in [-0.39, 0.29) is 11.9 Å². The Bertz CT molecular complexity index is 1540. The average Bonchev–Trinajstić information content (AvgIpc) is 3.41. The Labute approximate surface area is 246 Å². The lowest BCUT2D eigenvalue weighted by Crippen LogP contribution is -2.40. The van der Waals surface area contributed by atoms with E-state index >= 15 is 0 Å². The first-order chi connectivity index (χ1) is 20.4. The monoisotopic (exact) mass is 593 g/mol. The molecule has 1 aliphatic carbocycles. The zero-order valence-corrected chi connectivity index (χ0v) is 24.7. The molecule has 1 aromatic carbocycles. The van der Waals surface area contributed by atoms with Gasteiger partial charge >= 0.3 is 0 Å². The van der Waals surface area contributed by atoms with Crippen LogP contribution in [0, 0.1) is 11.3 Å². The molecule has 3 fully saturated rings. The smallest absolute Gasteiger partial charge is 0.234 e. The molecule has 2 saturated heterocycles.